The summed E-state index contributed by atoms with van der Waals surface area (Å²) in [7, 11) is 1.67. The van der Waals surface area contributed by atoms with Crippen LogP contribution in [0.25, 0.3) is 5.82 Å². The standard InChI is InChI=1S/C21H27N5O5/c1-30-12-5-6-13-11(7-12)3-2-4-14(13)25-10-24-20-16(19(25)22)23-9-26(20)21-18(29)17(28)15(8-27)31-21/h5-7,9,14-15,17-18,21,27-29H,2-4,8,10,22H2,1H3/t14?,15-,17-,18-,21-/m1/s1. The lowest BCUT2D eigenvalue weighted by molar-refractivity contribution is -0.0546. The van der Waals surface area contributed by atoms with Crippen molar-refractivity contribution in [2.75, 3.05) is 20.4 Å². The van der Waals surface area contributed by atoms with Crippen molar-refractivity contribution in [3.05, 3.63) is 46.5 Å². The highest BCUT2D eigenvalue weighted by atomic mass is 16.6. The van der Waals surface area contributed by atoms with Gasteiger partial charge in [0.2, 0.25) is 0 Å². The van der Waals surface area contributed by atoms with E-state index in [0.29, 0.717) is 23.3 Å². The molecule has 1 unspecified atom stereocenters. The summed E-state index contributed by atoms with van der Waals surface area (Å²) in [6.45, 7) is -0.0495. The van der Waals surface area contributed by atoms with Gasteiger partial charge >= 0.3 is 0 Å². The summed E-state index contributed by atoms with van der Waals surface area (Å²) in [5.74, 6) is 1.36. The van der Waals surface area contributed by atoms with Crippen LogP contribution in [-0.2, 0) is 11.2 Å². The molecule has 0 bridgehead atoms. The number of rotatable bonds is 4. The first-order chi connectivity index (χ1) is 15.0. The number of methoxy groups -OCH3 is 1. The Hall–Kier alpha value is -2.66. The van der Waals surface area contributed by atoms with Gasteiger partial charge in [0, 0.05) is 0 Å². The molecule has 0 saturated carbocycles. The van der Waals surface area contributed by atoms with Crippen LogP contribution in [0.1, 0.15) is 36.2 Å². The zero-order valence-electron chi connectivity index (χ0n) is 17.3. The van der Waals surface area contributed by atoms with E-state index in [4.69, 9.17) is 15.2 Å². The van der Waals surface area contributed by atoms with Crippen molar-refractivity contribution in [2.45, 2.75) is 49.8 Å². The van der Waals surface area contributed by atoms with Gasteiger partial charge in [-0.05, 0) is 42.5 Å². The SMILES string of the molecule is COc1ccc2c(c1)CCCC2N1CN=c2c(ncn2[C@@H]2O[C@H](CO)[C@@H](O)[C@H]2O)=C1N. The van der Waals surface area contributed by atoms with Crippen LogP contribution in [0.3, 0.4) is 0 Å². The van der Waals surface area contributed by atoms with E-state index in [-0.39, 0.29) is 6.04 Å². The molecule has 1 aromatic carbocycles. The van der Waals surface area contributed by atoms with E-state index >= 15 is 0 Å². The van der Waals surface area contributed by atoms with Crippen molar-refractivity contribution < 1.29 is 24.8 Å². The van der Waals surface area contributed by atoms with Crippen LogP contribution in [0.15, 0.2) is 29.5 Å². The highest BCUT2D eigenvalue weighted by molar-refractivity contribution is 5.44. The molecule has 0 spiro atoms. The summed E-state index contributed by atoms with van der Waals surface area (Å²) in [5.41, 5.74) is 9.52. The molecule has 1 aliphatic carbocycles. The predicted molar refractivity (Wildman–Crippen MR) is 109 cm³/mol. The Kier molecular flexibility index (Phi) is 5.09. The van der Waals surface area contributed by atoms with Crippen molar-refractivity contribution in [1.82, 2.24) is 14.5 Å². The topological polar surface area (TPSA) is 139 Å². The van der Waals surface area contributed by atoms with Crippen LogP contribution in [0, 0.1) is 0 Å². The molecule has 3 heterocycles. The van der Waals surface area contributed by atoms with Crippen LogP contribution < -0.4 is 21.3 Å². The van der Waals surface area contributed by atoms with Gasteiger partial charge in [0.25, 0.3) is 0 Å². The first-order valence-corrected chi connectivity index (χ1v) is 10.5. The van der Waals surface area contributed by atoms with Crippen molar-refractivity contribution in [1.29, 1.82) is 0 Å². The first-order valence-electron chi connectivity index (χ1n) is 10.5. The molecule has 0 amide bonds. The number of aryl methyl sites for hydroxylation is 1. The van der Waals surface area contributed by atoms with E-state index < -0.39 is 31.1 Å². The molecule has 10 heteroatoms. The van der Waals surface area contributed by atoms with E-state index in [1.54, 1.807) is 11.7 Å². The maximum absolute atomic E-state index is 10.4. The third kappa shape index (κ3) is 3.18. The van der Waals surface area contributed by atoms with Gasteiger partial charge in [-0.25, -0.2) is 9.98 Å². The maximum Gasteiger partial charge on any atom is 0.165 e. The zero-order valence-corrected chi connectivity index (χ0v) is 17.3. The summed E-state index contributed by atoms with van der Waals surface area (Å²) in [4.78, 5) is 11.2. The fourth-order valence-corrected chi connectivity index (χ4v) is 4.83. The van der Waals surface area contributed by atoms with E-state index in [0.717, 1.165) is 25.0 Å². The molecule has 0 radical (unpaired) electrons. The maximum atomic E-state index is 10.4. The number of aliphatic hydroxyl groups is 3. The van der Waals surface area contributed by atoms with Crippen molar-refractivity contribution in [2.24, 2.45) is 10.7 Å². The number of benzene rings is 1. The molecule has 166 valence electrons. The minimum atomic E-state index is -1.20. The lowest BCUT2D eigenvalue weighted by Gasteiger charge is -2.37. The Morgan fingerprint density at radius 1 is 1.29 bits per heavy atom. The van der Waals surface area contributed by atoms with Gasteiger partial charge in [0.05, 0.1) is 26.1 Å². The van der Waals surface area contributed by atoms with Crippen LogP contribution in [0.5, 0.6) is 5.75 Å². The lowest BCUT2D eigenvalue weighted by Crippen LogP contribution is -2.48. The molecular weight excluding hydrogens is 402 g/mol. The Morgan fingerprint density at radius 3 is 2.87 bits per heavy atom. The van der Waals surface area contributed by atoms with Gasteiger partial charge in [0.1, 0.15) is 41.9 Å². The summed E-state index contributed by atoms with van der Waals surface area (Å²) in [5, 5.41) is 30.3. The van der Waals surface area contributed by atoms with Gasteiger partial charge in [-0.1, -0.05) is 6.07 Å². The molecule has 10 nitrogen and oxygen atoms in total. The molecule has 1 saturated heterocycles. The van der Waals surface area contributed by atoms with Gasteiger partial charge < -0.3 is 35.4 Å². The Labute approximate surface area is 178 Å². The minimum absolute atomic E-state index is 0.0885. The smallest absolute Gasteiger partial charge is 0.165 e. The largest absolute Gasteiger partial charge is 0.497 e. The summed E-state index contributed by atoms with van der Waals surface area (Å²) < 4.78 is 12.6. The van der Waals surface area contributed by atoms with Gasteiger partial charge in [-0.15, -0.1) is 0 Å². The van der Waals surface area contributed by atoms with Gasteiger partial charge in [0.15, 0.2) is 11.7 Å². The third-order valence-corrected chi connectivity index (χ3v) is 6.49. The number of aromatic nitrogens is 2. The second kappa shape index (κ2) is 7.79. The normalized spacial score (nSPS) is 30.0. The van der Waals surface area contributed by atoms with Gasteiger partial charge in [-0.2, -0.15) is 0 Å². The van der Waals surface area contributed by atoms with Crippen LogP contribution in [-0.4, -0.2) is 68.5 Å². The Morgan fingerprint density at radius 2 is 2.13 bits per heavy atom. The highest BCUT2D eigenvalue weighted by Gasteiger charge is 2.44. The molecule has 2 aliphatic heterocycles. The summed E-state index contributed by atoms with van der Waals surface area (Å²) >= 11 is 0. The molecule has 31 heavy (non-hydrogen) atoms. The predicted octanol–water partition coefficient (Wildman–Crippen LogP) is -1.50. The van der Waals surface area contributed by atoms with E-state index in [1.165, 1.54) is 17.5 Å². The Bertz CT molecular complexity index is 1100. The van der Waals surface area contributed by atoms with Crippen LogP contribution in [0.2, 0.25) is 0 Å². The van der Waals surface area contributed by atoms with Crippen molar-refractivity contribution in [3.8, 4) is 5.75 Å². The number of aliphatic hydroxyl groups excluding tert-OH is 3. The fourth-order valence-electron chi connectivity index (χ4n) is 4.83. The first kappa shape index (κ1) is 20.3. The summed E-state index contributed by atoms with van der Waals surface area (Å²) in [6, 6.07) is 6.24. The number of nitrogens with two attached hydrogens (primary N) is 1. The Balaban J connectivity index is 1.50. The average Bonchev–Trinajstić information content (AvgIpc) is 3.34. The highest BCUT2D eigenvalue weighted by Crippen LogP contribution is 2.37. The minimum Gasteiger partial charge on any atom is -0.497 e. The third-order valence-electron chi connectivity index (χ3n) is 6.49. The monoisotopic (exact) mass is 429 g/mol. The number of fused-ring (bicyclic) bond motifs is 2. The second-order valence-corrected chi connectivity index (χ2v) is 8.18. The molecule has 2 aromatic rings. The molecular formula is C21H27N5O5. The molecule has 1 aromatic heterocycles. The second-order valence-electron chi connectivity index (χ2n) is 8.18. The van der Waals surface area contributed by atoms with Crippen LogP contribution in [0.4, 0.5) is 0 Å². The number of ether oxygens (including phenoxy) is 2. The lowest BCUT2D eigenvalue weighted by atomic mass is 9.86. The van der Waals surface area contributed by atoms with Gasteiger partial charge in [-0.3, -0.25) is 4.57 Å². The fraction of sp³-hybridized carbons (Fsp3) is 0.524. The van der Waals surface area contributed by atoms with E-state index in [2.05, 4.69) is 27.0 Å². The van der Waals surface area contributed by atoms with Crippen molar-refractivity contribution >= 4 is 5.82 Å². The van der Waals surface area contributed by atoms with E-state index in [1.807, 2.05) is 6.07 Å². The molecule has 1 fully saturated rings. The van der Waals surface area contributed by atoms with Crippen LogP contribution >= 0.6 is 0 Å². The number of nitrogens with zero attached hydrogens (tertiary/aromatic N) is 4. The zero-order chi connectivity index (χ0) is 21.7. The van der Waals surface area contributed by atoms with Crippen molar-refractivity contribution in [3.63, 3.8) is 0 Å². The molecule has 5 rings (SSSR count). The number of imidazole rings is 1. The number of hydrogen-bond acceptors (Lipinski definition) is 9. The quantitative estimate of drug-likeness (QED) is 0.461. The number of hydrogen-bond donors (Lipinski definition) is 4. The molecule has 5 N–H and O–H groups in total. The van der Waals surface area contributed by atoms with E-state index in [9.17, 15) is 15.3 Å². The average molecular weight is 429 g/mol. The summed E-state index contributed by atoms with van der Waals surface area (Å²) in [6.07, 6.45) is 0.350. The molecule has 5 atom stereocenters. The molecule has 3 aliphatic rings.